The zero-order valence-corrected chi connectivity index (χ0v) is 25.9. The fraction of sp³-hybridized carbons (Fsp3) is 0.743. The number of Topliss-reactive ketones (excluding diaryl/α,β-unsaturated/α-hetero) is 1. The van der Waals surface area contributed by atoms with E-state index in [1.54, 1.807) is 6.08 Å². The van der Waals surface area contributed by atoms with Crippen molar-refractivity contribution in [2.75, 3.05) is 13.2 Å². The minimum absolute atomic E-state index is 0.0744. The van der Waals surface area contributed by atoms with Crippen LogP contribution in [0.15, 0.2) is 37.0 Å². The van der Waals surface area contributed by atoms with Crippen molar-refractivity contribution in [2.45, 2.75) is 92.3 Å². The summed E-state index contributed by atoms with van der Waals surface area (Å²) in [5.41, 5.74) is 0.295. The highest BCUT2D eigenvalue weighted by molar-refractivity contribution is 5.98. The summed E-state index contributed by atoms with van der Waals surface area (Å²) in [6.45, 7) is 20.5. The Balaban J connectivity index is 1.44. The first kappa shape index (κ1) is 30.4. The highest BCUT2D eigenvalue weighted by atomic mass is 16.5. The molecule has 0 amide bonds. The van der Waals surface area contributed by atoms with Gasteiger partial charge in [0.2, 0.25) is 0 Å². The van der Waals surface area contributed by atoms with Crippen LogP contribution in [0, 0.1) is 57.2 Å². The van der Waals surface area contributed by atoms with E-state index in [1.807, 2.05) is 19.9 Å². The first-order valence-electron chi connectivity index (χ1n) is 15.7. The molecule has 0 saturated heterocycles. The molecule has 41 heavy (non-hydrogen) atoms. The average molecular weight is 567 g/mol. The van der Waals surface area contributed by atoms with Gasteiger partial charge >= 0.3 is 5.97 Å². The summed E-state index contributed by atoms with van der Waals surface area (Å²) in [7, 11) is 0. The largest absolute Gasteiger partial charge is 0.462 e. The smallest absolute Gasteiger partial charge is 0.302 e. The van der Waals surface area contributed by atoms with E-state index in [4.69, 9.17) is 9.47 Å². The first-order chi connectivity index (χ1) is 19.2. The molecule has 5 rings (SSSR count). The quantitative estimate of drug-likeness (QED) is 0.154. The number of rotatable bonds is 10. The molecule has 0 bridgehead atoms. The molecule has 0 aromatic carbocycles. The zero-order chi connectivity index (χ0) is 30.1. The summed E-state index contributed by atoms with van der Waals surface area (Å²) in [4.78, 5) is 38.5. The monoisotopic (exact) mass is 566 g/mol. The Morgan fingerprint density at radius 1 is 1.20 bits per heavy atom. The SMILES string of the molecule is C=CCOC[C@H](C)C(=C)C(=O)[C@H](O)[C@@H](C)[C@H]1[C@@H](OC(C)=O)C[C@@]2(C)C3CCC4[C@H](C)C(=O)C=C[C@@]45C[C@@]35CC[C@]12C. The molecule has 6 heteroatoms. The maximum Gasteiger partial charge on any atom is 0.302 e. The molecule has 1 N–H and O–H groups in total. The third-order valence-electron chi connectivity index (χ3n) is 13.2. The van der Waals surface area contributed by atoms with E-state index < -0.39 is 12.0 Å². The molecule has 12 atom stereocenters. The molecule has 4 fully saturated rings. The summed E-state index contributed by atoms with van der Waals surface area (Å²) in [6.07, 6.45) is 10.2. The van der Waals surface area contributed by atoms with Crippen LogP contribution in [0.1, 0.15) is 80.1 Å². The Kier molecular flexibility index (Phi) is 7.63. The van der Waals surface area contributed by atoms with Gasteiger partial charge in [-0.3, -0.25) is 14.4 Å². The first-order valence-corrected chi connectivity index (χ1v) is 15.7. The molecule has 2 spiro atoms. The Hall–Kier alpha value is -2.05. The number of fused-ring (bicyclic) bond motifs is 2. The van der Waals surface area contributed by atoms with Gasteiger partial charge < -0.3 is 14.6 Å². The van der Waals surface area contributed by atoms with Gasteiger partial charge in [-0.25, -0.2) is 0 Å². The second-order valence-corrected chi connectivity index (χ2v) is 14.8. The molecule has 5 aliphatic carbocycles. The number of ketones is 2. The van der Waals surface area contributed by atoms with Crippen LogP contribution in [-0.4, -0.2) is 48.1 Å². The number of carbonyl (C=O) groups excluding carboxylic acids is 3. The van der Waals surface area contributed by atoms with Crippen molar-refractivity contribution in [3.63, 3.8) is 0 Å². The Labute approximate surface area is 246 Å². The van der Waals surface area contributed by atoms with Crippen molar-refractivity contribution in [1.82, 2.24) is 0 Å². The second-order valence-electron chi connectivity index (χ2n) is 14.8. The number of hydrogen-bond donors (Lipinski definition) is 1. The van der Waals surface area contributed by atoms with Crippen LogP contribution >= 0.6 is 0 Å². The normalized spacial score (nSPS) is 44.4. The lowest BCUT2D eigenvalue weighted by Gasteiger charge is -2.61. The second kappa shape index (κ2) is 10.3. The summed E-state index contributed by atoms with van der Waals surface area (Å²) in [5.74, 6) is -0.296. The zero-order valence-electron chi connectivity index (χ0n) is 25.9. The molecule has 0 radical (unpaired) electrons. The maximum absolute atomic E-state index is 13.5. The van der Waals surface area contributed by atoms with Gasteiger partial charge in [0.1, 0.15) is 12.2 Å². The number of carbonyl (C=O) groups is 3. The summed E-state index contributed by atoms with van der Waals surface area (Å²) in [5, 5.41) is 11.5. The predicted octanol–water partition coefficient (Wildman–Crippen LogP) is 5.88. The van der Waals surface area contributed by atoms with Crippen LogP contribution in [0.2, 0.25) is 0 Å². The molecule has 0 aromatic heterocycles. The van der Waals surface area contributed by atoms with Crippen LogP contribution in [-0.2, 0) is 23.9 Å². The Morgan fingerprint density at radius 2 is 1.90 bits per heavy atom. The molecule has 4 saturated carbocycles. The minimum Gasteiger partial charge on any atom is -0.462 e. The van der Waals surface area contributed by atoms with Crippen molar-refractivity contribution in [3.8, 4) is 0 Å². The Morgan fingerprint density at radius 3 is 2.56 bits per heavy atom. The molecule has 0 heterocycles. The van der Waals surface area contributed by atoms with Gasteiger partial charge in [0.05, 0.1) is 13.2 Å². The lowest BCUT2D eigenvalue weighted by Crippen LogP contribution is -2.56. The molecule has 226 valence electrons. The lowest BCUT2D eigenvalue weighted by molar-refractivity contribution is -0.154. The van der Waals surface area contributed by atoms with Gasteiger partial charge in [0, 0.05) is 24.7 Å². The van der Waals surface area contributed by atoms with Crippen LogP contribution in [0.3, 0.4) is 0 Å². The Bertz CT molecular complexity index is 1170. The van der Waals surface area contributed by atoms with Gasteiger partial charge in [-0.2, -0.15) is 0 Å². The highest BCUT2D eigenvalue weighted by Gasteiger charge is 2.81. The predicted molar refractivity (Wildman–Crippen MR) is 158 cm³/mol. The van der Waals surface area contributed by atoms with Crippen LogP contribution in [0.5, 0.6) is 0 Å². The van der Waals surface area contributed by atoms with Gasteiger partial charge in [0.25, 0.3) is 0 Å². The molecular formula is C35H50O6. The van der Waals surface area contributed by atoms with E-state index in [9.17, 15) is 19.5 Å². The molecule has 0 aliphatic heterocycles. The van der Waals surface area contributed by atoms with Gasteiger partial charge in [-0.1, -0.05) is 53.3 Å². The van der Waals surface area contributed by atoms with Crippen molar-refractivity contribution >= 4 is 17.5 Å². The number of aliphatic hydroxyl groups is 1. The number of allylic oxidation sites excluding steroid dienone is 2. The molecule has 2 unspecified atom stereocenters. The van der Waals surface area contributed by atoms with Gasteiger partial charge in [-0.05, 0) is 89.6 Å². The maximum atomic E-state index is 13.5. The number of esters is 1. The molecular weight excluding hydrogens is 516 g/mol. The molecule has 0 aromatic rings. The molecule has 5 aliphatic rings. The number of ether oxygens (including phenoxy) is 2. The fourth-order valence-electron chi connectivity index (χ4n) is 10.9. The van der Waals surface area contributed by atoms with E-state index >= 15 is 0 Å². The summed E-state index contributed by atoms with van der Waals surface area (Å²) >= 11 is 0. The fourth-order valence-corrected chi connectivity index (χ4v) is 10.9. The minimum atomic E-state index is -1.24. The number of aliphatic hydroxyl groups excluding tert-OH is 1. The van der Waals surface area contributed by atoms with E-state index in [-0.39, 0.29) is 63.1 Å². The van der Waals surface area contributed by atoms with Crippen molar-refractivity contribution in [2.24, 2.45) is 57.2 Å². The van der Waals surface area contributed by atoms with Crippen LogP contribution in [0.4, 0.5) is 0 Å². The standard InChI is InChI=1S/C35H50O6/c1-9-16-40-18-20(2)21(3)30(38)31(39)23(5)29-27(41-24(6)36)17-33(8)28-11-10-25-22(4)26(37)12-13-34(25)19-35(28,34)15-14-32(29,33)7/h9,12-13,20,22-23,25,27-29,31,39H,1,3,10-11,14-19H2,2,4-8H3/t20-,22-,23-,25?,27-,28?,29-,31+,32+,33-,34+,35-/m0/s1. The third kappa shape index (κ3) is 4.21. The summed E-state index contributed by atoms with van der Waals surface area (Å²) in [6, 6.07) is 0. The van der Waals surface area contributed by atoms with Gasteiger partial charge in [0.15, 0.2) is 11.6 Å². The van der Waals surface area contributed by atoms with Crippen LogP contribution < -0.4 is 0 Å². The topological polar surface area (TPSA) is 89.9 Å². The van der Waals surface area contributed by atoms with Crippen molar-refractivity contribution < 1.29 is 29.0 Å². The van der Waals surface area contributed by atoms with Crippen LogP contribution in [0.25, 0.3) is 0 Å². The third-order valence-corrected chi connectivity index (χ3v) is 13.2. The van der Waals surface area contributed by atoms with Crippen molar-refractivity contribution in [1.29, 1.82) is 0 Å². The van der Waals surface area contributed by atoms with E-state index in [0.29, 0.717) is 30.6 Å². The lowest BCUT2D eigenvalue weighted by atomic mass is 9.43. The molecule has 6 nitrogen and oxygen atoms in total. The van der Waals surface area contributed by atoms with E-state index in [0.717, 1.165) is 38.5 Å². The van der Waals surface area contributed by atoms with E-state index in [2.05, 4.69) is 40.0 Å². The summed E-state index contributed by atoms with van der Waals surface area (Å²) < 4.78 is 11.6. The van der Waals surface area contributed by atoms with Crippen molar-refractivity contribution in [3.05, 3.63) is 37.0 Å². The number of hydrogen-bond acceptors (Lipinski definition) is 6. The highest BCUT2D eigenvalue weighted by Crippen LogP contribution is 2.87. The van der Waals surface area contributed by atoms with E-state index in [1.165, 1.54) is 6.92 Å². The average Bonchev–Trinajstić information content (AvgIpc) is 3.53. The van der Waals surface area contributed by atoms with Gasteiger partial charge in [-0.15, -0.1) is 6.58 Å².